The van der Waals surface area contributed by atoms with Crippen molar-refractivity contribution in [2.24, 2.45) is 7.05 Å². The number of aryl methyl sites for hydroxylation is 1. The van der Waals surface area contributed by atoms with Crippen LogP contribution in [-0.4, -0.2) is 64.8 Å². The molecule has 2 aromatic heterocycles. The van der Waals surface area contributed by atoms with E-state index < -0.39 is 31.8 Å². The lowest BCUT2D eigenvalue weighted by atomic mass is 9.86. The highest BCUT2D eigenvalue weighted by atomic mass is 32.2. The Labute approximate surface area is 225 Å². The summed E-state index contributed by atoms with van der Waals surface area (Å²) in [6.07, 6.45) is 3.30. The van der Waals surface area contributed by atoms with Crippen molar-refractivity contribution < 1.29 is 22.7 Å². The Bertz CT molecular complexity index is 1680. The Morgan fingerprint density at radius 2 is 1.95 bits per heavy atom. The topological polar surface area (TPSA) is 144 Å². The van der Waals surface area contributed by atoms with E-state index in [2.05, 4.69) is 10.3 Å². The van der Waals surface area contributed by atoms with E-state index >= 15 is 0 Å². The fourth-order valence-electron chi connectivity index (χ4n) is 5.22. The molecule has 39 heavy (non-hydrogen) atoms. The number of amides is 1. The van der Waals surface area contributed by atoms with Crippen LogP contribution < -0.4 is 15.6 Å². The van der Waals surface area contributed by atoms with Gasteiger partial charge in [0.15, 0.2) is 0 Å². The van der Waals surface area contributed by atoms with Crippen LogP contribution in [0.2, 0.25) is 0 Å². The first-order valence-corrected chi connectivity index (χ1v) is 14.1. The summed E-state index contributed by atoms with van der Waals surface area (Å²) in [5.74, 6) is -0.393. The van der Waals surface area contributed by atoms with Gasteiger partial charge in [-0.25, -0.2) is 13.4 Å². The maximum absolute atomic E-state index is 13.5. The van der Waals surface area contributed by atoms with Gasteiger partial charge in [0, 0.05) is 31.7 Å². The first kappa shape index (κ1) is 25.5. The largest absolute Gasteiger partial charge is 0.474 e. The van der Waals surface area contributed by atoms with Gasteiger partial charge in [-0.2, -0.15) is 9.57 Å². The molecule has 1 aromatic carbocycles. The maximum Gasteiger partial charge on any atom is 0.263 e. The zero-order valence-electron chi connectivity index (χ0n) is 21.3. The number of sulfonamides is 1. The van der Waals surface area contributed by atoms with Gasteiger partial charge in [-0.1, -0.05) is 12.1 Å². The van der Waals surface area contributed by atoms with Gasteiger partial charge in [0.2, 0.25) is 15.9 Å². The average Bonchev–Trinajstić information content (AvgIpc) is 3.68. The smallest absolute Gasteiger partial charge is 0.263 e. The highest BCUT2D eigenvalue weighted by Gasteiger charge is 2.65. The van der Waals surface area contributed by atoms with E-state index in [4.69, 9.17) is 14.7 Å². The Kier molecular flexibility index (Phi) is 5.98. The van der Waals surface area contributed by atoms with Crippen LogP contribution in [0.25, 0.3) is 10.9 Å². The number of rotatable bonds is 8. The zero-order chi connectivity index (χ0) is 27.4. The highest BCUT2D eigenvalue weighted by Crippen LogP contribution is 2.51. The predicted molar refractivity (Wildman–Crippen MR) is 141 cm³/mol. The molecule has 12 heteroatoms. The van der Waals surface area contributed by atoms with Crippen molar-refractivity contribution in [3.05, 3.63) is 69.6 Å². The third kappa shape index (κ3) is 4.09. The van der Waals surface area contributed by atoms with Gasteiger partial charge in [0.05, 0.1) is 30.4 Å². The lowest BCUT2D eigenvalue weighted by molar-refractivity contribution is -0.156. The molecule has 202 valence electrons. The number of aromatic nitrogens is 2. The van der Waals surface area contributed by atoms with E-state index in [1.165, 1.54) is 23.9 Å². The van der Waals surface area contributed by atoms with Gasteiger partial charge >= 0.3 is 0 Å². The summed E-state index contributed by atoms with van der Waals surface area (Å²) in [6, 6.07) is 12.0. The molecule has 6 rings (SSSR count). The Hall–Kier alpha value is -3.79. The average molecular weight is 550 g/mol. The molecule has 1 saturated carbocycles. The van der Waals surface area contributed by atoms with Crippen molar-refractivity contribution >= 4 is 26.8 Å². The molecule has 3 aliphatic rings. The predicted octanol–water partition coefficient (Wildman–Crippen LogP) is 1.45. The van der Waals surface area contributed by atoms with Crippen molar-refractivity contribution in [2.75, 3.05) is 26.4 Å². The number of pyridine rings is 2. The van der Waals surface area contributed by atoms with E-state index in [-0.39, 0.29) is 24.6 Å². The van der Waals surface area contributed by atoms with Crippen LogP contribution in [0.1, 0.15) is 40.7 Å². The number of carbonyl (C=O) groups is 1. The Morgan fingerprint density at radius 3 is 2.54 bits per heavy atom. The summed E-state index contributed by atoms with van der Waals surface area (Å²) in [5.41, 5.74) is 0.724. The number of fused-ring (bicyclic) bond motifs is 1. The summed E-state index contributed by atoms with van der Waals surface area (Å²) in [5, 5.41) is 12.2. The van der Waals surface area contributed by atoms with Gasteiger partial charge in [-0.05, 0) is 49.1 Å². The maximum atomic E-state index is 13.5. The second-order valence-electron chi connectivity index (χ2n) is 10.5. The van der Waals surface area contributed by atoms with Gasteiger partial charge in [-0.15, -0.1) is 0 Å². The number of benzene rings is 1. The van der Waals surface area contributed by atoms with E-state index in [9.17, 15) is 18.0 Å². The summed E-state index contributed by atoms with van der Waals surface area (Å²) in [7, 11) is -2.06. The number of nitriles is 1. The van der Waals surface area contributed by atoms with E-state index in [1.54, 1.807) is 34.6 Å². The molecule has 2 aliphatic heterocycles. The summed E-state index contributed by atoms with van der Waals surface area (Å²) in [4.78, 5) is 30.3. The second-order valence-corrected chi connectivity index (χ2v) is 12.7. The molecule has 4 heterocycles. The minimum absolute atomic E-state index is 0.0390. The standard InChI is InChI=1S/C27H27N5O6S/c1-31-22-20(12-21(25(31)34)23(33)30-14-19-4-2-18(13-28)3-5-19)6-10-29-24(22)38-17-27(7-8-27)39(35,36)32-11-9-26(32)15-37-16-26/h2-6,10,12H,7-9,11,14-17H2,1H3,(H,30,33). The van der Waals surface area contributed by atoms with Crippen LogP contribution in [0.4, 0.5) is 0 Å². The number of nitrogens with one attached hydrogen (secondary N) is 1. The van der Waals surface area contributed by atoms with Crippen LogP contribution >= 0.6 is 0 Å². The van der Waals surface area contributed by atoms with E-state index in [0.717, 1.165) is 12.0 Å². The molecule has 1 amide bonds. The van der Waals surface area contributed by atoms with Crippen LogP contribution in [0.5, 0.6) is 5.88 Å². The van der Waals surface area contributed by atoms with Crippen LogP contribution in [0.15, 0.2) is 47.4 Å². The minimum atomic E-state index is -3.59. The normalized spacial score (nSPS) is 19.1. The van der Waals surface area contributed by atoms with Gasteiger partial charge in [0.25, 0.3) is 11.5 Å². The van der Waals surface area contributed by atoms with Crippen molar-refractivity contribution in [3.8, 4) is 11.9 Å². The molecule has 1 N–H and O–H groups in total. The van der Waals surface area contributed by atoms with E-state index in [0.29, 0.717) is 49.1 Å². The summed E-state index contributed by atoms with van der Waals surface area (Å²) < 4.78 is 40.1. The number of nitrogens with zero attached hydrogens (tertiary/aromatic N) is 4. The van der Waals surface area contributed by atoms with Crippen LogP contribution in [0, 0.1) is 11.3 Å². The molecule has 0 unspecified atom stereocenters. The molecular formula is C27H27N5O6S. The Morgan fingerprint density at radius 1 is 1.21 bits per heavy atom. The van der Waals surface area contributed by atoms with Gasteiger partial charge in [0.1, 0.15) is 22.4 Å². The second kappa shape index (κ2) is 9.15. The third-order valence-corrected chi connectivity index (χ3v) is 10.8. The molecule has 1 spiro atoms. The summed E-state index contributed by atoms with van der Waals surface area (Å²) in [6.45, 7) is 1.47. The van der Waals surface area contributed by atoms with Crippen molar-refractivity contribution in [2.45, 2.75) is 36.1 Å². The molecule has 11 nitrogen and oxygen atoms in total. The lowest BCUT2D eigenvalue weighted by Crippen LogP contribution is -2.73. The van der Waals surface area contributed by atoms with Gasteiger partial charge in [-0.3, -0.25) is 9.59 Å². The molecular weight excluding hydrogens is 522 g/mol. The molecule has 3 aromatic rings. The number of hydrogen-bond donors (Lipinski definition) is 1. The zero-order valence-corrected chi connectivity index (χ0v) is 22.2. The lowest BCUT2D eigenvalue weighted by Gasteiger charge is -2.57. The monoisotopic (exact) mass is 549 g/mol. The molecule has 3 fully saturated rings. The van der Waals surface area contributed by atoms with Crippen LogP contribution in [-0.2, 0) is 28.4 Å². The van der Waals surface area contributed by atoms with Crippen molar-refractivity contribution in [1.29, 1.82) is 5.26 Å². The molecule has 0 bridgehead atoms. The number of hydrogen-bond acceptors (Lipinski definition) is 8. The van der Waals surface area contributed by atoms with Crippen molar-refractivity contribution in [1.82, 2.24) is 19.2 Å². The highest BCUT2D eigenvalue weighted by molar-refractivity contribution is 7.91. The minimum Gasteiger partial charge on any atom is -0.474 e. The first-order valence-electron chi connectivity index (χ1n) is 12.7. The summed E-state index contributed by atoms with van der Waals surface area (Å²) >= 11 is 0. The Balaban J connectivity index is 1.21. The fraction of sp³-hybridized carbons (Fsp3) is 0.407. The first-order chi connectivity index (χ1) is 18.7. The van der Waals surface area contributed by atoms with Crippen molar-refractivity contribution in [3.63, 3.8) is 0 Å². The molecule has 1 aliphatic carbocycles. The number of carbonyl (C=O) groups excluding carboxylic acids is 1. The van der Waals surface area contributed by atoms with Gasteiger partial charge < -0.3 is 19.4 Å². The molecule has 0 radical (unpaired) electrons. The van der Waals surface area contributed by atoms with E-state index in [1.807, 2.05) is 6.07 Å². The SMILES string of the molecule is Cn1c(=O)c(C(=O)NCc2ccc(C#N)cc2)cc2ccnc(OCC3(S(=O)(=O)N4CCC45COC5)CC3)c21. The molecule has 0 atom stereocenters. The molecule has 2 saturated heterocycles. The number of ether oxygens (including phenoxy) is 2. The third-order valence-electron chi connectivity index (χ3n) is 8.04. The fourth-order valence-corrected chi connectivity index (χ4v) is 7.55. The quantitative estimate of drug-likeness (QED) is 0.445. The van der Waals surface area contributed by atoms with Crippen LogP contribution in [0.3, 0.4) is 0 Å².